The molecule has 0 radical (unpaired) electrons. The number of ether oxygens (including phenoxy) is 1. The van der Waals surface area contributed by atoms with Crippen LogP contribution >= 0.6 is 11.6 Å². The topological polar surface area (TPSA) is 29.5 Å². The van der Waals surface area contributed by atoms with Gasteiger partial charge in [-0.3, -0.25) is 4.79 Å². The number of nitrogens with zero attached hydrogens (tertiary/aromatic N) is 1. The van der Waals surface area contributed by atoms with Crippen molar-refractivity contribution in [2.24, 2.45) is 0 Å². The van der Waals surface area contributed by atoms with Gasteiger partial charge in [0.05, 0.1) is 6.54 Å². The summed E-state index contributed by atoms with van der Waals surface area (Å²) in [5.74, 6) is 0.839. The molecule has 0 bridgehead atoms. The van der Waals surface area contributed by atoms with E-state index in [9.17, 15) is 4.79 Å². The van der Waals surface area contributed by atoms with Gasteiger partial charge in [-0.2, -0.15) is 0 Å². The normalized spacial score (nSPS) is 13.2. The minimum absolute atomic E-state index is 0.0232. The van der Waals surface area contributed by atoms with Crippen molar-refractivity contribution in [1.29, 1.82) is 0 Å². The van der Waals surface area contributed by atoms with Gasteiger partial charge in [0.1, 0.15) is 18.2 Å². The largest absolute Gasteiger partial charge is 0.492 e. The monoisotopic (exact) mass is 267 g/mol. The fraction of sp³-hybridized carbons (Fsp3) is 0.500. The molecule has 2 rings (SSSR count). The first kappa shape index (κ1) is 13.2. The van der Waals surface area contributed by atoms with Crippen molar-refractivity contribution in [3.63, 3.8) is 0 Å². The van der Waals surface area contributed by atoms with E-state index in [1.165, 1.54) is 24.0 Å². The molecular weight excluding hydrogens is 250 g/mol. The summed E-state index contributed by atoms with van der Waals surface area (Å²) in [6.07, 6.45) is 3.57. The second-order valence-electron chi connectivity index (χ2n) is 4.58. The van der Waals surface area contributed by atoms with Crippen LogP contribution in [0.1, 0.15) is 17.5 Å². The van der Waals surface area contributed by atoms with E-state index < -0.39 is 0 Å². The fourth-order valence-electron chi connectivity index (χ4n) is 2.17. The van der Waals surface area contributed by atoms with Crippen LogP contribution in [0, 0.1) is 0 Å². The average molecular weight is 268 g/mol. The third kappa shape index (κ3) is 3.16. The van der Waals surface area contributed by atoms with E-state index in [0.717, 1.165) is 12.2 Å². The molecule has 4 heteroatoms. The Bertz CT molecular complexity index is 434. The van der Waals surface area contributed by atoms with Gasteiger partial charge in [-0.25, -0.2) is 0 Å². The Morgan fingerprint density at radius 2 is 2.17 bits per heavy atom. The number of benzene rings is 1. The first-order valence-electron chi connectivity index (χ1n) is 6.25. The zero-order chi connectivity index (χ0) is 13.0. The van der Waals surface area contributed by atoms with E-state index in [1.54, 1.807) is 11.9 Å². The van der Waals surface area contributed by atoms with Crippen LogP contribution in [-0.2, 0) is 17.6 Å². The molecule has 1 aliphatic rings. The second kappa shape index (κ2) is 6.10. The summed E-state index contributed by atoms with van der Waals surface area (Å²) >= 11 is 5.47. The third-order valence-corrected chi connectivity index (χ3v) is 3.53. The molecule has 0 N–H and O–H groups in total. The lowest BCUT2D eigenvalue weighted by Crippen LogP contribution is -2.31. The first-order valence-corrected chi connectivity index (χ1v) is 6.78. The van der Waals surface area contributed by atoms with Crippen LogP contribution in [0.3, 0.4) is 0 Å². The predicted molar refractivity (Wildman–Crippen MR) is 72.3 cm³/mol. The van der Waals surface area contributed by atoms with Crippen LogP contribution in [0.2, 0.25) is 0 Å². The summed E-state index contributed by atoms with van der Waals surface area (Å²) in [6.45, 7) is 1.06. The van der Waals surface area contributed by atoms with E-state index in [2.05, 4.69) is 12.1 Å². The van der Waals surface area contributed by atoms with Crippen LogP contribution < -0.4 is 4.74 Å². The van der Waals surface area contributed by atoms with Crippen LogP contribution in [0.25, 0.3) is 0 Å². The van der Waals surface area contributed by atoms with Crippen LogP contribution in [0.15, 0.2) is 18.2 Å². The van der Waals surface area contributed by atoms with Crippen molar-refractivity contribution in [2.75, 3.05) is 26.1 Å². The van der Waals surface area contributed by atoms with E-state index >= 15 is 0 Å². The Kier molecular flexibility index (Phi) is 4.48. The van der Waals surface area contributed by atoms with Crippen LogP contribution in [0.5, 0.6) is 5.75 Å². The lowest BCUT2D eigenvalue weighted by atomic mass is 10.1. The summed E-state index contributed by atoms with van der Waals surface area (Å²) in [4.78, 5) is 12.8. The van der Waals surface area contributed by atoms with Gasteiger partial charge in [0.15, 0.2) is 0 Å². The average Bonchev–Trinajstić information content (AvgIpc) is 2.85. The molecule has 0 unspecified atom stereocenters. The highest BCUT2D eigenvalue weighted by atomic mass is 35.5. The Morgan fingerprint density at radius 1 is 1.39 bits per heavy atom. The number of hydrogen-bond acceptors (Lipinski definition) is 2. The maximum atomic E-state index is 11.2. The minimum Gasteiger partial charge on any atom is -0.492 e. The first-order chi connectivity index (χ1) is 8.70. The SMILES string of the molecule is CN(CCOc1ccc2c(c1)CCC2)C(=O)CCl. The van der Waals surface area contributed by atoms with Crippen LogP contribution in [-0.4, -0.2) is 36.9 Å². The number of rotatable bonds is 5. The minimum atomic E-state index is -0.0748. The van der Waals surface area contributed by atoms with Crippen molar-refractivity contribution < 1.29 is 9.53 Å². The highest BCUT2D eigenvalue weighted by Crippen LogP contribution is 2.25. The van der Waals surface area contributed by atoms with Gasteiger partial charge >= 0.3 is 0 Å². The van der Waals surface area contributed by atoms with Crippen molar-refractivity contribution in [1.82, 2.24) is 4.90 Å². The van der Waals surface area contributed by atoms with Gasteiger partial charge in [0.2, 0.25) is 5.91 Å². The highest BCUT2D eigenvalue weighted by Gasteiger charge is 2.11. The van der Waals surface area contributed by atoms with E-state index in [0.29, 0.717) is 13.2 Å². The van der Waals surface area contributed by atoms with Crippen molar-refractivity contribution in [3.8, 4) is 5.75 Å². The van der Waals surface area contributed by atoms with E-state index in [1.807, 2.05) is 6.07 Å². The van der Waals surface area contributed by atoms with Gasteiger partial charge in [0.25, 0.3) is 0 Å². The van der Waals surface area contributed by atoms with Gasteiger partial charge in [-0.1, -0.05) is 6.07 Å². The highest BCUT2D eigenvalue weighted by molar-refractivity contribution is 6.27. The molecule has 18 heavy (non-hydrogen) atoms. The van der Waals surface area contributed by atoms with Crippen molar-refractivity contribution in [2.45, 2.75) is 19.3 Å². The number of likely N-dealkylation sites (N-methyl/N-ethyl adjacent to an activating group) is 1. The van der Waals surface area contributed by atoms with Gasteiger partial charge < -0.3 is 9.64 Å². The Labute approximate surface area is 113 Å². The number of carbonyl (C=O) groups is 1. The summed E-state index contributed by atoms with van der Waals surface area (Å²) in [6, 6.07) is 6.27. The zero-order valence-electron chi connectivity index (χ0n) is 10.6. The number of amides is 1. The molecule has 0 aromatic heterocycles. The zero-order valence-corrected chi connectivity index (χ0v) is 11.4. The second-order valence-corrected chi connectivity index (χ2v) is 4.85. The maximum Gasteiger partial charge on any atom is 0.237 e. The van der Waals surface area contributed by atoms with Crippen molar-refractivity contribution >= 4 is 17.5 Å². The van der Waals surface area contributed by atoms with E-state index in [4.69, 9.17) is 16.3 Å². The quantitative estimate of drug-likeness (QED) is 0.766. The van der Waals surface area contributed by atoms with Gasteiger partial charge in [-0.05, 0) is 42.5 Å². The number of fused-ring (bicyclic) bond motifs is 1. The molecule has 1 aromatic carbocycles. The van der Waals surface area contributed by atoms with Gasteiger partial charge in [0, 0.05) is 7.05 Å². The Hall–Kier alpha value is -1.22. The smallest absolute Gasteiger partial charge is 0.237 e. The molecule has 3 nitrogen and oxygen atoms in total. The summed E-state index contributed by atoms with van der Waals surface area (Å²) in [7, 11) is 1.73. The summed E-state index contributed by atoms with van der Waals surface area (Å²) < 4.78 is 5.66. The Morgan fingerprint density at radius 3 is 2.94 bits per heavy atom. The fourth-order valence-corrected chi connectivity index (χ4v) is 2.37. The maximum absolute atomic E-state index is 11.2. The molecule has 0 saturated heterocycles. The predicted octanol–water partition coefficient (Wildman–Crippen LogP) is 2.25. The molecular formula is C14H18ClNO2. The number of alkyl halides is 1. The molecule has 0 aliphatic heterocycles. The Balaban J connectivity index is 1.82. The van der Waals surface area contributed by atoms with E-state index in [-0.39, 0.29) is 11.8 Å². The molecule has 0 spiro atoms. The van der Waals surface area contributed by atoms with Gasteiger partial charge in [-0.15, -0.1) is 11.6 Å². The van der Waals surface area contributed by atoms with Crippen LogP contribution in [0.4, 0.5) is 0 Å². The summed E-state index contributed by atoms with van der Waals surface area (Å²) in [5, 5.41) is 0. The summed E-state index contributed by atoms with van der Waals surface area (Å²) in [5.41, 5.74) is 2.84. The third-order valence-electron chi connectivity index (χ3n) is 3.31. The number of halogens is 1. The number of carbonyl (C=O) groups excluding carboxylic acids is 1. The number of hydrogen-bond donors (Lipinski definition) is 0. The number of aryl methyl sites for hydroxylation is 2. The molecule has 0 saturated carbocycles. The molecule has 1 aliphatic carbocycles. The molecule has 98 valence electrons. The molecule has 0 atom stereocenters. The molecule has 1 aromatic rings. The molecule has 0 heterocycles. The lowest BCUT2D eigenvalue weighted by Gasteiger charge is -2.16. The molecule has 1 amide bonds. The lowest BCUT2D eigenvalue weighted by molar-refractivity contribution is -0.127. The molecule has 0 fully saturated rings. The van der Waals surface area contributed by atoms with Crippen molar-refractivity contribution in [3.05, 3.63) is 29.3 Å². The standard InChI is InChI=1S/C14H18ClNO2/c1-16(14(17)10-15)7-8-18-13-6-5-11-3-2-4-12(11)9-13/h5-6,9H,2-4,7-8,10H2,1H3.